The molecule has 1 fully saturated rings. The highest BCUT2D eigenvalue weighted by molar-refractivity contribution is 5.81. The van der Waals surface area contributed by atoms with Crippen LogP contribution >= 0.6 is 0 Å². The van der Waals surface area contributed by atoms with E-state index in [2.05, 4.69) is 20.9 Å². The third-order valence-electron chi connectivity index (χ3n) is 2.75. The van der Waals surface area contributed by atoms with Crippen LogP contribution in [0.15, 0.2) is 12.1 Å². The van der Waals surface area contributed by atoms with Crippen molar-refractivity contribution in [3.8, 4) is 0 Å². The second-order valence-corrected chi connectivity index (χ2v) is 4.58. The fourth-order valence-electron chi connectivity index (χ4n) is 1.66. The monoisotopic (exact) mass is 279 g/mol. The summed E-state index contributed by atoms with van der Waals surface area (Å²) >= 11 is 0. The Bertz CT molecular complexity index is 516. The largest absolute Gasteiger partial charge is 0.370 e. The van der Waals surface area contributed by atoms with E-state index < -0.39 is 4.92 Å². The zero-order valence-electron chi connectivity index (χ0n) is 11.2. The van der Waals surface area contributed by atoms with Gasteiger partial charge in [0.15, 0.2) is 0 Å². The number of carbonyl (C=O) groups excluding carboxylic acids is 1. The minimum Gasteiger partial charge on any atom is -0.370 e. The van der Waals surface area contributed by atoms with Gasteiger partial charge in [0.25, 0.3) is 5.69 Å². The fraction of sp³-hybridized carbons (Fsp3) is 0.500. The number of rotatable bonds is 7. The van der Waals surface area contributed by atoms with Gasteiger partial charge in [0.05, 0.1) is 23.6 Å². The highest BCUT2D eigenvalue weighted by Crippen LogP contribution is 2.21. The van der Waals surface area contributed by atoms with Crippen molar-refractivity contribution in [1.82, 2.24) is 10.3 Å². The first-order valence-corrected chi connectivity index (χ1v) is 6.52. The van der Waals surface area contributed by atoms with Gasteiger partial charge < -0.3 is 16.0 Å². The number of aromatic nitrogens is 1. The number of amides is 1. The maximum atomic E-state index is 11.5. The lowest BCUT2D eigenvalue weighted by molar-refractivity contribution is -0.384. The predicted octanol–water partition coefficient (Wildman–Crippen LogP) is 1.11. The normalized spacial score (nSPS) is 13.7. The fourth-order valence-corrected chi connectivity index (χ4v) is 1.66. The van der Waals surface area contributed by atoms with Crippen molar-refractivity contribution in [3.05, 3.63) is 22.2 Å². The molecule has 1 saturated carbocycles. The number of nitro groups is 1. The van der Waals surface area contributed by atoms with Crippen LogP contribution in [0.2, 0.25) is 0 Å². The Labute approximate surface area is 116 Å². The molecule has 0 unspecified atom stereocenters. The van der Waals surface area contributed by atoms with Crippen LogP contribution in [0, 0.1) is 10.1 Å². The van der Waals surface area contributed by atoms with Gasteiger partial charge in [-0.2, -0.15) is 0 Å². The third kappa shape index (κ3) is 4.08. The maximum absolute atomic E-state index is 11.5. The second-order valence-electron chi connectivity index (χ2n) is 4.58. The molecule has 0 saturated heterocycles. The molecule has 8 heteroatoms. The van der Waals surface area contributed by atoms with Crippen molar-refractivity contribution in [3.63, 3.8) is 0 Å². The van der Waals surface area contributed by atoms with Gasteiger partial charge in [-0.15, -0.1) is 0 Å². The van der Waals surface area contributed by atoms with E-state index in [4.69, 9.17) is 0 Å². The molecule has 8 nitrogen and oxygen atoms in total. The Morgan fingerprint density at radius 1 is 1.40 bits per heavy atom. The molecule has 3 N–H and O–H groups in total. The Balaban J connectivity index is 2.00. The van der Waals surface area contributed by atoms with Crippen molar-refractivity contribution in [2.24, 2.45) is 0 Å². The van der Waals surface area contributed by atoms with Crippen molar-refractivity contribution in [1.29, 1.82) is 0 Å². The number of nitrogens with one attached hydrogen (secondary N) is 3. The van der Waals surface area contributed by atoms with Crippen LogP contribution in [0.1, 0.15) is 19.8 Å². The molecule has 1 aliphatic rings. The molecule has 0 spiro atoms. The number of nitrogens with zero attached hydrogens (tertiary/aromatic N) is 2. The van der Waals surface area contributed by atoms with E-state index in [-0.39, 0.29) is 18.1 Å². The summed E-state index contributed by atoms with van der Waals surface area (Å²) in [5, 5.41) is 19.4. The molecule has 1 aliphatic carbocycles. The van der Waals surface area contributed by atoms with Gasteiger partial charge in [0, 0.05) is 12.6 Å². The number of hydrogen-bond acceptors (Lipinski definition) is 6. The summed E-state index contributed by atoms with van der Waals surface area (Å²) < 4.78 is 0. The zero-order valence-corrected chi connectivity index (χ0v) is 11.2. The van der Waals surface area contributed by atoms with E-state index in [9.17, 15) is 14.9 Å². The third-order valence-corrected chi connectivity index (χ3v) is 2.75. The van der Waals surface area contributed by atoms with E-state index in [1.54, 1.807) is 0 Å². The maximum Gasteiger partial charge on any atom is 0.276 e. The Morgan fingerprint density at radius 3 is 2.60 bits per heavy atom. The van der Waals surface area contributed by atoms with Gasteiger partial charge in [-0.05, 0) is 19.8 Å². The van der Waals surface area contributed by atoms with Crippen LogP contribution in [0.5, 0.6) is 0 Å². The van der Waals surface area contributed by atoms with Crippen LogP contribution in [-0.2, 0) is 4.79 Å². The van der Waals surface area contributed by atoms with Crippen molar-refractivity contribution < 1.29 is 9.72 Å². The molecule has 0 aliphatic heterocycles. The average molecular weight is 279 g/mol. The van der Waals surface area contributed by atoms with E-state index in [0.29, 0.717) is 24.2 Å². The van der Waals surface area contributed by atoms with Crippen LogP contribution in [0.3, 0.4) is 0 Å². The summed E-state index contributed by atoms with van der Waals surface area (Å²) in [6.07, 6.45) is 2.04. The first kappa shape index (κ1) is 14.0. The van der Waals surface area contributed by atoms with Crippen LogP contribution in [0.25, 0.3) is 0 Å². The molecule has 0 aromatic carbocycles. The standard InChI is InChI=1S/C12H17N5O3/c1-2-13-10-5-9(17(19)20)6-11(16-10)14-7-12(18)15-8-3-4-8/h5-6,8H,2-4,7H2,1H3,(H,15,18)(H2,13,14,16). The summed E-state index contributed by atoms with van der Waals surface area (Å²) in [6, 6.07) is 2.96. The average Bonchev–Trinajstić information content (AvgIpc) is 3.20. The molecule has 0 atom stereocenters. The van der Waals surface area contributed by atoms with Gasteiger partial charge in [0.2, 0.25) is 5.91 Å². The lowest BCUT2D eigenvalue weighted by Crippen LogP contribution is -2.31. The lowest BCUT2D eigenvalue weighted by atomic mass is 10.3. The van der Waals surface area contributed by atoms with Gasteiger partial charge in [-0.1, -0.05) is 0 Å². The molecule has 108 valence electrons. The molecule has 0 radical (unpaired) electrons. The zero-order chi connectivity index (χ0) is 14.5. The van der Waals surface area contributed by atoms with Gasteiger partial charge in [-0.25, -0.2) is 4.98 Å². The number of pyridine rings is 1. The Kier molecular flexibility index (Phi) is 4.34. The first-order valence-electron chi connectivity index (χ1n) is 6.52. The summed E-state index contributed by atoms with van der Waals surface area (Å²) in [5.74, 6) is 0.582. The first-order chi connectivity index (χ1) is 9.58. The smallest absolute Gasteiger partial charge is 0.276 e. The Morgan fingerprint density at radius 2 is 2.05 bits per heavy atom. The van der Waals surface area contributed by atoms with Crippen LogP contribution in [0.4, 0.5) is 17.3 Å². The molecular formula is C12H17N5O3. The summed E-state index contributed by atoms with van der Waals surface area (Å²) in [5.41, 5.74) is -0.0685. The van der Waals surface area contributed by atoms with E-state index >= 15 is 0 Å². The molecule has 1 aromatic rings. The molecule has 2 rings (SSSR count). The second kappa shape index (κ2) is 6.18. The van der Waals surface area contributed by atoms with E-state index in [1.807, 2.05) is 6.92 Å². The topological polar surface area (TPSA) is 109 Å². The molecule has 1 amide bonds. The highest BCUT2D eigenvalue weighted by atomic mass is 16.6. The minimum absolute atomic E-state index is 0.0518. The van der Waals surface area contributed by atoms with Crippen molar-refractivity contribution >= 4 is 23.2 Å². The van der Waals surface area contributed by atoms with Crippen LogP contribution < -0.4 is 16.0 Å². The van der Waals surface area contributed by atoms with Gasteiger partial charge in [0.1, 0.15) is 11.6 Å². The summed E-state index contributed by atoms with van der Waals surface area (Å²) in [6.45, 7) is 2.53. The Hall–Kier alpha value is -2.38. The molecule has 20 heavy (non-hydrogen) atoms. The van der Waals surface area contributed by atoms with Crippen LogP contribution in [-0.4, -0.2) is 34.9 Å². The van der Waals surface area contributed by atoms with E-state index in [0.717, 1.165) is 12.8 Å². The van der Waals surface area contributed by atoms with Gasteiger partial charge >= 0.3 is 0 Å². The van der Waals surface area contributed by atoms with Crippen molar-refractivity contribution in [2.45, 2.75) is 25.8 Å². The number of hydrogen-bond donors (Lipinski definition) is 3. The lowest BCUT2D eigenvalue weighted by Gasteiger charge is -2.08. The molecule has 1 heterocycles. The molecular weight excluding hydrogens is 262 g/mol. The van der Waals surface area contributed by atoms with E-state index in [1.165, 1.54) is 12.1 Å². The van der Waals surface area contributed by atoms with Crippen molar-refractivity contribution in [2.75, 3.05) is 23.7 Å². The summed E-state index contributed by atoms with van der Waals surface area (Å²) in [7, 11) is 0. The molecule has 1 aromatic heterocycles. The minimum atomic E-state index is -0.488. The summed E-state index contributed by atoms with van der Waals surface area (Å²) in [4.78, 5) is 26.1. The number of carbonyl (C=O) groups is 1. The highest BCUT2D eigenvalue weighted by Gasteiger charge is 2.23. The molecule has 0 bridgehead atoms. The van der Waals surface area contributed by atoms with Gasteiger partial charge in [-0.3, -0.25) is 14.9 Å². The SMILES string of the molecule is CCNc1cc([N+](=O)[O-])cc(NCC(=O)NC2CC2)n1. The predicted molar refractivity (Wildman–Crippen MR) is 74.7 cm³/mol. The quantitative estimate of drug-likeness (QED) is 0.509. The number of anilines is 2.